The van der Waals surface area contributed by atoms with E-state index in [1.807, 2.05) is 26.0 Å². The van der Waals surface area contributed by atoms with Crippen molar-refractivity contribution in [2.75, 3.05) is 0 Å². The number of nitrogens with zero attached hydrogens (tertiary/aromatic N) is 4. The smallest absolute Gasteiger partial charge is 0.270 e. The molecular weight excluding hydrogens is 297 g/mol. The zero-order valence-corrected chi connectivity index (χ0v) is 12.5. The molecule has 7 heteroatoms. The van der Waals surface area contributed by atoms with Gasteiger partial charge < -0.3 is 0 Å². The van der Waals surface area contributed by atoms with Crippen LogP contribution in [0.25, 0.3) is 17.2 Å². The van der Waals surface area contributed by atoms with Crippen molar-refractivity contribution in [2.45, 2.75) is 13.8 Å². The standard InChI is InChI=1S/C16H12FN5O/c1-9-7-10(2)22(21-9)16-19-14(13(8-18)15(23)20-16)11-3-5-12(17)6-4-11/h3-7H,1-2H3,(H,19,20,23). The second-order valence-electron chi connectivity index (χ2n) is 5.07. The highest BCUT2D eigenvalue weighted by Gasteiger charge is 2.15. The highest BCUT2D eigenvalue weighted by atomic mass is 19.1. The number of halogens is 1. The van der Waals surface area contributed by atoms with Crippen molar-refractivity contribution in [3.05, 3.63) is 63.5 Å². The molecule has 114 valence electrons. The summed E-state index contributed by atoms with van der Waals surface area (Å²) < 4.78 is 14.6. The fraction of sp³-hybridized carbons (Fsp3) is 0.125. The minimum atomic E-state index is -0.565. The number of nitriles is 1. The Bertz CT molecular complexity index is 979. The minimum absolute atomic E-state index is 0.123. The molecule has 0 unspecified atom stereocenters. The molecule has 0 saturated carbocycles. The maximum Gasteiger partial charge on any atom is 0.270 e. The van der Waals surface area contributed by atoms with Crippen molar-refractivity contribution in [1.82, 2.24) is 19.7 Å². The quantitative estimate of drug-likeness (QED) is 0.786. The number of aromatic nitrogens is 4. The van der Waals surface area contributed by atoms with Crippen LogP contribution in [0.1, 0.15) is 17.0 Å². The monoisotopic (exact) mass is 309 g/mol. The number of H-pyrrole nitrogens is 1. The number of rotatable bonds is 2. The van der Waals surface area contributed by atoms with E-state index >= 15 is 0 Å². The van der Waals surface area contributed by atoms with Gasteiger partial charge in [0, 0.05) is 11.3 Å². The Morgan fingerprint density at radius 3 is 2.52 bits per heavy atom. The zero-order chi connectivity index (χ0) is 16.6. The molecule has 6 nitrogen and oxygen atoms in total. The average Bonchev–Trinajstić information content (AvgIpc) is 2.86. The molecule has 0 amide bonds. The SMILES string of the molecule is Cc1cc(C)n(-c2nc(-c3ccc(F)cc3)c(C#N)c(=O)[nH]2)n1. The van der Waals surface area contributed by atoms with Crippen LogP contribution in [-0.2, 0) is 0 Å². The largest absolute Gasteiger partial charge is 0.290 e. The molecule has 0 aliphatic heterocycles. The first kappa shape index (κ1) is 14.7. The number of benzene rings is 1. The summed E-state index contributed by atoms with van der Waals surface area (Å²) in [5, 5.41) is 13.5. The first-order valence-electron chi connectivity index (χ1n) is 6.83. The second-order valence-corrected chi connectivity index (χ2v) is 5.07. The summed E-state index contributed by atoms with van der Waals surface area (Å²) in [5.41, 5.74) is 1.56. The molecule has 0 atom stereocenters. The number of aromatic amines is 1. The van der Waals surface area contributed by atoms with Crippen molar-refractivity contribution in [3.63, 3.8) is 0 Å². The van der Waals surface area contributed by atoms with Crippen LogP contribution in [-0.4, -0.2) is 19.7 Å². The fourth-order valence-corrected chi connectivity index (χ4v) is 2.33. The van der Waals surface area contributed by atoms with E-state index in [2.05, 4.69) is 15.1 Å². The van der Waals surface area contributed by atoms with Crippen LogP contribution in [0.15, 0.2) is 35.1 Å². The van der Waals surface area contributed by atoms with Gasteiger partial charge in [0.05, 0.1) is 11.4 Å². The van der Waals surface area contributed by atoms with Gasteiger partial charge in [0.2, 0.25) is 5.95 Å². The molecule has 3 aromatic rings. The summed E-state index contributed by atoms with van der Waals surface area (Å²) in [7, 11) is 0. The molecule has 0 saturated heterocycles. The van der Waals surface area contributed by atoms with Crippen molar-refractivity contribution in [3.8, 4) is 23.3 Å². The van der Waals surface area contributed by atoms with Gasteiger partial charge in [-0.2, -0.15) is 10.4 Å². The van der Waals surface area contributed by atoms with Crippen molar-refractivity contribution >= 4 is 0 Å². The normalized spacial score (nSPS) is 10.5. The van der Waals surface area contributed by atoms with Gasteiger partial charge >= 0.3 is 0 Å². The number of hydrogen-bond donors (Lipinski definition) is 1. The average molecular weight is 309 g/mol. The van der Waals surface area contributed by atoms with E-state index in [1.165, 1.54) is 28.9 Å². The summed E-state index contributed by atoms with van der Waals surface area (Å²) in [6.45, 7) is 3.65. The van der Waals surface area contributed by atoms with Crippen LogP contribution >= 0.6 is 0 Å². The third-order valence-corrected chi connectivity index (χ3v) is 3.35. The van der Waals surface area contributed by atoms with E-state index in [1.54, 1.807) is 0 Å². The van der Waals surface area contributed by atoms with E-state index in [0.29, 0.717) is 5.56 Å². The van der Waals surface area contributed by atoms with Crippen LogP contribution in [0.3, 0.4) is 0 Å². The fourth-order valence-electron chi connectivity index (χ4n) is 2.33. The Morgan fingerprint density at radius 1 is 1.26 bits per heavy atom. The summed E-state index contributed by atoms with van der Waals surface area (Å²) in [6.07, 6.45) is 0. The summed E-state index contributed by atoms with van der Waals surface area (Å²) in [4.78, 5) is 19.1. The molecule has 0 bridgehead atoms. The van der Waals surface area contributed by atoms with Gasteiger partial charge in [-0.15, -0.1) is 0 Å². The highest BCUT2D eigenvalue weighted by Crippen LogP contribution is 2.20. The van der Waals surface area contributed by atoms with E-state index in [-0.39, 0.29) is 17.2 Å². The molecular formula is C16H12FN5O. The van der Waals surface area contributed by atoms with Crippen LogP contribution in [0.5, 0.6) is 0 Å². The topological polar surface area (TPSA) is 87.4 Å². The molecule has 1 aromatic carbocycles. The van der Waals surface area contributed by atoms with Gasteiger partial charge in [0.25, 0.3) is 5.56 Å². The lowest BCUT2D eigenvalue weighted by Crippen LogP contribution is -2.19. The van der Waals surface area contributed by atoms with E-state index in [9.17, 15) is 14.4 Å². The van der Waals surface area contributed by atoms with Crippen molar-refractivity contribution < 1.29 is 4.39 Å². The lowest BCUT2D eigenvalue weighted by atomic mass is 10.1. The van der Waals surface area contributed by atoms with Gasteiger partial charge in [-0.3, -0.25) is 9.78 Å². The molecule has 2 aromatic heterocycles. The number of hydrogen-bond acceptors (Lipinski definition) is 4. The lowest BCUT2D eigenvalue weighted by molar-refractivity contribution is 0.628. The van der Waals surface area contributed by atoms with Crippen molar-refractivity contribution in [2.24, 2.45) is 0 Å². The maximum atomic E-state index is 13.1. The molecule has 0 fully saturated rings. The van der Waals surface area contributed by atoms with Crippen molar-refractivity contribution in [1.29, 1.82) is 5.26 Å². The van der Waals surface area contributed by atoms with Crippen LogP contribution in [0.4, 0.5) is 4.39 Å². The molecule has 0 aliphatic carbocycles. The molecule has 1 N–H and O–H groups in total. The van der Waals surface area contributed by atoms with Crippen LogP contribution in [0, 0.1) is 31.0 Å². The lowest BCUT2D eigenvalue weighted by Gasteiger charge is -2.08. The predicted octanol–water partition coefficient (Wildman–Crippen LogP) is 2.25. The van der Waals surface area contributed by atoms with E-state index < -0.39 is 11.4 Å². The molecule has 2 heterocycles. The molecule has 3 rings (SSSR count). The Balaban J connectivity index is 2.26. The Morgan fingerprint density at radius 2 is 1.96 bits per heavy atom. The Hall–Kier alpha value is -3.27. The third kappa shape index (κ3) is 2.62. The minimum Gasteiger partial charge on any atom is -0.290 e. The third-order valence-electron chi connectivity index (χ3n) is 3.35. The Kier molecular flexibility index (Phi) is 3.50. The van der Waals surface area contributed by atoms with Gasteiger partial charge in [0.15, 0.2) is 0 Å². The van der Waals surface area contributed by atoms with Gasteiger partial charge in [-0.1, -0.05) is 0 Å². The first-order chi connectivity index (χ1) is 11.0. The van der Waals surface area contributed by atoms with Gasteiger partial charge in [0.1, 0.15) is 17.4 Å². The number of aryl methyl sites for hydroxylation is 2. The highest BCUT2D eigenvalue weighted by molar-refractivity contribution is 5.66. The molecule has 0 radical (unpaired) electrons. The number of nitrogens with one attached hydrogen (secondary N) is 1. The van der Waals surface area contributed by atoms with E-state index in [4.69, 9.17) is 0 Å². The molecule has 23 heavy (non-hydrogen) atoms. The maximum absolute atomic E-state index is 13.1. The van der Waals surface area contributed by atoms with Gasteiger partial charge in [-0.05, 0) is 44.2 Å². The second kappa shape index (κ2) is 5.50. The van der Waals surface area contributed by atoms with Crippen LogP contribution < -0.4 is 5.56 Å². The van der Waals surface area contributed by atoms with Gasteiger partial charge in [-0.25, -0.2) is 14.1 Å². The summed E-state index contributed by atoms with van der Waals surface area (Å²) >= 11 is 0. The molecule has 0 aliphatic rings. The molecule has 0 spiro atoms. The van der Waals surface area contributed by atoms with Crippen LogP contribution in [0.2, 0.25) is 0 Å². The predicted molar refractivity (Wildman–Crippen MR) is 81.6 cm³/mol. The zero-order valence-electron chi connectivity index (χ0n) is 12.5. The Labute approximate surface area is 130 Å². The summed E-state index contributed by atoms with van der Waals surface area (Å²) in [5.74, 6) is -0.199. The summed E-state index contributed by atoms with van der Waals surface area (Å²) in [6, 6.07) is 9.14. The first-order valence-corrected chi connectivity index (χ1v) is 6.83. The van der Waals surface area contributed by atoms with E-state index in [0.717, 1.165) is 11.4 Å².